The van der Waals surface area contributed by atoms with Gasteiger partial charge >= 0.3 is 0 Å². The standard InChI is InChI=1S/C67H50N2/c1-67(2)64-45-54(51-29-39-59(40-30-51)68(57-35-25-49(26-36-57)47-15-6-3-7-16-47)58-37-27-50(28-38-58)48-17-8-4-9-18-48)33-43-62(64)63-44-34-55(46-65(63)67)52-31-41-60(42-32-52)69(56-21-10-5-11-22-56)66-24-14-20-53-19-12-13-23-61(53)66/h3-46H,1-2H3. The molecule has 0 saturated heterocycles. The van der Waals surface area contributed by atoms with Gasteiger partial charge in [-0.05, 0) is 151 Å². The Labute approximate surface area is 405 Å². The van der Waals surface area contributed by atoms with Gasteiger partial charge in [0.05, 0.1) is 5.69 Å². The number of para-hydroxylation sites is 1. The van der Waals surface area contributed by atoms with Gasteiger partial charge in [0.1, 0.15) is 0 Å². The van der Waals surface area contributed by atoms with E-state index in [1.807, 2.05) is 0 Å². The van der Waals surface area contributed by atoms with E-state index in [0.717, 1.165) is 34.1 Å². The lowest BCUT2D eigenvalue weighted by molar-refractivity contribution is 0.661. The van der Waals surface area contributed by atoms with Crippen molar-refractivity contribution >= 4 is 44.9 Å². The summed E-state index contributed by atoms with van der Waals surface area (Å²) in [6, 6.07) is 97.1. The zero-order valence-corrected chi connectivity index (χ0v) is 38.8. The molecule has 11 aromatic carbocycles. The molecular formula is C67H50N2. The van der Waals surface area contributed by atoms with Gasteiger partial charge in [-0.25, -0.2) is 0 Å². The Morgan fingerprint density at radius 1 is 0.261 bits per heavy atom. The van der Waals surface area contributed by atoms with Crippen molar-refractivity contribution in [1.82, 2.24) is 0 Å². The first-order chi connectivity index (χ1) is 34.0. The molecule has 1 aliphatic carbocycles. The van der Waals surface area contributed by atoms with E-state index in [0.29, 0.717) is 0 Å². The average molecular weight is 883 g/mol. The molecule has 11 aromatic rings. The van der Waals surface area contributed by atoms with Crippen LogP contribution in [0.15, 0.2) is 267 Å². The molecule has 2 heteroatoms. The van der Waals surface area contributed by atoms with Crippen LogP contribution in [0.1, 0.15) is 25.0 Å². The first kappa shape index (κ1) is 41.7. The number of rotatable bonds is 10. The molecule has 0 radical (unpaired) electrons. The number of benzene rings is 11. The van der Waals surface area contributed by atoms with Crippen LogP contribution in [0, 0.1) is 0 Å². The number of hydrogen-bond acceptors (Lipinski definition) is 2. The molecular weight excluding hydrogens is 833 g/mol. The molecule has 12 rings (SSSR count). The van der Waals surface area contributed by atoms with Crippen LogP contribution in [-0.2, 0) is 5.41 Å². The molecule has 328 valence electrons. The van der Waals surface area contributed by atoms with Crippen molar-refractivity contribution in [2.75, 3.05) is 9.80 Å². The van der Waals surface area contributed by atoms with Crippen LogP contribution in [0.3, 0.4) is 0 Å². The Morgan fingerprint density at radius 3 is 1.06 bits per heavy atom. The zero-order valence-electron chi connectivity index (χ0n) is 38.8. The molecule has 0 atom stereocenters. The van der Waals surface area contributed by atoms with E-state index < -0.39 is 0 Å². The molecule has 0 amide bonds. The van der Waals surface area contributed by atoms with Crippen molar-refractivity contribution in [2.24, 2.45) is 0 Å². The fourth-order valence-electron chi connectivity index (χ4n) is 10.4. The van der Waals surface area contributed by atoms with E-state index in [4.69, 9.17) is 0 Å². The van der Waals surface area contributed by atoms with E-state index in [1.54, 1.807) is 0 Å². The average Bonchev–Trinajstić information content (AvgIpc) is 3.65. The molecule has 0 saturated carbocycles. The van der Waals surface area contributed by atoms with Crippen molar-refractivity contribution in [3.8, 4) is 55.6 Å². The van der Waals surface area contributed by atoms with Crippen LogP contribution in [0.4, 0.5) is 34.1 Å². The summed E-state index contributed by atoms with van der Waals surface area (Å²) in [5.74, 6) is 0. The maximum Gasteiger partial charge on any atom is 0.0540 e. The van der Waals surface area contributed by atoms with E-state index in [-0.39, 0.29) is 5.41 Å². The molecule has 2 nitrogen and oxygen atoms in total. The highest BCUT2D eigenvalue weighted by atomic mass is 15.1. The number of fused-ring (bicyclic) bond motifs is 4. The number of nitrogens with zero attached hydrogens (tertiary/aromatic N) is 2. The Hall–Kier alpha value is -8.72. The van der Waals surface area contributed by atoms with Gasteiger partial charge in [-0.3, -0.25) is 0 Å². The summed E-state index contributed by atoms with van der Waals surface area (Å²) < 4.78 is 0. The van der Waals surface area contributed by atoms with Crippen LogP contribution >= 0.6 is 0 Å². The normalized spacial score (nSPS) is 12.3. The second-order valence-electron chi connectivity index (χ2n) is 18.6. The third kappa shape index (κ3) is 7.76. The van der Waals surface area contributed by atoms with E-state index >= 15 is 0 Å². The lowest BCUT2D eigenvalue weighted by Crippen LogP contribution is -2.15. The van der Waals surface area contributed by atoms with Gasteiger partial charge in [0, 0.05) is 39.2 Å². The first-order valence-corrected chi connectivity index (χ1v) is 23.9. The number of hydrogen-bond donors (Lipinski definition) is 0. The molecule has 0 unspecified atom stereocenters. The van der Waals surface area contributed by atoms with Gasteiger partial charge < -0.3 is 9.80 Å². The zero-order chi connectivity index (χ0) is 46.3. The third-order valence-corrected chi connectivity index (χ3v) is 14.1. The van der Waals surface area contributed by atoms with Gasteiger partial charge in [0.25, 0.3) is 0 Å². The molecule has 0 aliphatic heterocycles. The minimum absolute atomic E-state index is 0.177. The summed E-state index contributed by atoms with van der Waals surface area (Å²) in [5, 5.41) is 2.45. The highest BCUT2D eigenvalue weighted by Gasteiger charge is 2.36. The Kier molecular flexibility index (Phi) is 10.6. The molecule has 0 bridgehead atoms. The largest absolute Gasteiger partial charge is 0.311 e. The summed E-state index contributed by atoms with van der Waals surface area (Å²) >= 11 is 0. The highest BCUT2D eigenvalue weighted by molar-refractivity contribution is 5.99. The van der Waals surface area contributed by atoms with Crippen LogP contribution < -0.4 is 9.80 Å². The maximum atomic E-state index is 2.42. The fourth-order valence-corrected chi connectivity index (χ4v) is 10.4. The Morgan fingerprint density at radius 2 is 0.594 bits per heavy atom. The molecule has 1 aliphatic rings. The fraction of sp³-hybridized carbons (Fsp3) is 0.0448. The minimum atomic E-state index is -0.177. The van der Waals surface area contributed by atoms with Crippen molar-refractivity contribution in [3.05, 3.63) is 278 Å². The van der Waals surface area contributed by atoms with Crippen molar-refractivity contribution in [1.29, 1.82) is 0 Å². The van der Waals surface area contributed by atoms with Crippen molar-refractivity contribution < 1.29 is 0 Å². The summed E-state index contributed by atoms with van der Waals surface area (Å²) in [7, 11) is 0. The number of anilines is 6. The van der Waals surface area contributed by atoms with Gasteiger partial charge in [0.15, 0.2) is 0 Å². The monoisotopic (exact) mass is 882 g/mol. The lowest BCUT2D eigenvalue weighted by Gasteiger charge is -2.27. The minimum Gasteiger partial charge on any atom is -0.311 e. The lowest BCUT2D eigenvalue weighted by atomic mass is 9.81. The topological polar surface area (TPSA) is 6.48 Å². The van der Waals surface area contributed by atoms with Gasteiger partial charge in [0.2, 0.25) is 0 Å². The van der Waals surface area contributed by atoms with Crippen molar-refractivity contribution in [2.45, 2.75) is 19.3 Å². The third-order valence-electron chi connectivity index (χ3n) is 14.1. The molecule has 0 N–H and O–H groups in total. The van der Waals surface area contributed by atoms with Gasteiger partial charge in [-0.1, -0.05) is 202 Å². The Balaban J connectivity index is 0.834. The second kappa shape index (κ2) is 17.5. The molecule has 0 fully saturated rings. The molecule has 0 heterocycles. The van der Waals surface area contributed by atoms with Crippen LogP contribution in [-0.4, -0.2) is 0 Å². The molecule has 0 spiro atoms. The van der Waals surface area contributed by atoms with Crippen LogP contribution in [0.2, 0.25) is 0 Å². The first-order valence-electron chi connectivity index (χ1n) is 23.9. The van der Waals surface area contributed by atoms with E-state index in [9.17, 15) is 0 Å². The van der Waals surface area contributed by atoms with E-state index in [2.05, 4.69) is 291 Å². The predicted molar refractivity (Wildman–Crippen MR) is 293 cm³/mol. The highest BCUT2D eigenvalue weighted by Crippen LogP contribution is 2.51. The summed E-state index contributed by atoms with van der Waals surface area (Å²) in [4.78, 5) is 4.72. The second-order valence-corrected chi connectivity index (χ2v) is 18.6. The van der Waals surface area contributed by atoms with Gasteiger partial charge in [-0.2, -0.15) is 0 Å². The van der Waals surface area contributed by atoms with Crippen LogP contribution in [0.25, 0.3) is 66.4 Å². The smallest absolute Gasteiger partial charge is 0.0540 e. The SMILES string of the molecule is CC1(C)c2cc(-c3ccc(N(c4ccc(-c5ccccc5)cc4)c4ccc(-c5ccccc5)cc4)cc3)ccc2-c2ccc(-c3ccc(N(c4ccccc4)c4cccc5ccccc45)cc3)cc21. The summed E-state index contributed by atoms with van der Waals surface area (Å²) in [6.45, 7) is 4.76. The van der Waals surface area contributed by atoms with E-state index in [1.165, 1.54) is 77.5 Å². The molecule has 0 aromatic heterocycles. The van der Waals surface area contributed by atoms with Crippen LogP contribution in [0.5, 0.6) is 0 Å². The van der Waals surface area contributed by atoms with Gasteiger partial charge in [-0.15, -0.1) is 0 Å². The predicted octanol–water partition coefficient (Wildman–Crippen LogP) is 18.8. The Bertz CT molecular complexity index is 3490. The summed E-state index contributed by atoms with van der Waals surface area (Å²) in [5.41, 5.74) is 21.6. The maximum absolute atomic E-state index is 2.42. The molecule has 69 heavy (non-hydrogen) atoms. The summed E-state index contributed by atoms with van der Waals surface area (Å²) in [6.07, 6.45) is 0. The van der Waals surface area contributed by atoms with Crippen molar-refractivity contribution in [3.63, 3.8) is 0 Å². The quantitative estimate of drug-likeness (QED) is 0.135.